The van der Waals surface area contributed by atoms with Crippen LogP contribution in [0.5, 0.6) is 0 Å². The van der Waals surface area contributed by atoms with Crippen molar-refractivity contribution in [1.29, 1.82) is 0 Å². The number of amides is 1. The number of pyridine rings is 1. The molecule has 0 spiro atoms. The van der Waals surface area contributed by atoms with Crippen molar-refractivity contribution in [2.45, 2.75) is 6.92 Å². The van der Waals surface area contributed by atoms with Gasteiger partial charge in [0.05, 0.1) is 17.6 Å². The molecule has 0 aliphatic carbocycles. The molecule has 2 rings (SSSR count). The number of likely N-dealkylation sites (N-methyl/N-ethyl adjacent to an activating group) is 1. The highest BCUT2D eigenvalue weighted by Crippen LogP contribution is 2.20. The zero-order chi connectivity index (χ0) is 15.4. The summed E-state index contributed by atoms with van der Waals surface area (Å²) in [6, 6.07) is 9.59. The topological polar surface area (TPSA) is 71.2 Å². The van der Waals surface area contributed by atoms with Crippen LogP contribution >= 0.6 is 12.2 Å². The van der Waals surface area contributed by atoms with Crippen molar-refractivity contribution in [3.05, 3.63) is 35.9 Å². The van der Waals surface area contributed by atoms with Gasteiger partial charge < -0.3 is 16.0 Å². The minimum absolute atomic E-state index is 0.0126. The Labute approximate surface area is 129 Å². The predicted octanol–water partition coefficient (Wildman–Crippen LogP) is 1.76. The number of nitrogens with two attached hydrogens (primary N) is 1. The van der Waals surface area contributed by atoms with E-state index in [1.165, 1.54) is 0 Å². The number of aromatic nitrogens is 1. The zero-order valence-corrected chi connectivity index (χ0v) is 12.9. The van der Waals surface area contributed by atoms with Gasteiger partial charge in [-0.1, -0.05) is 30.4 Å². The maximum absolute atomic E-state index is 11.9. The van der Waals surface area contributed by atoms with Gasteiger partial charge in [-0.05, 0) is 19.1 Å². The average Bonchev–Trinajstić information content (AvgIpc) is 2.50. The van der Waals surface area contributed by atoms with Crippen LogP contribution in [0.25, 0.3) is 10.9 Å². The van der Waals surface area contributed by atoms with Crippen molar-refractivity contribution in [1.82, 2.24) is 9.88 Å². The van der Waals surface area contributed by atoms with E-state index in [9.17, 15) is 4.79 Å². The smallest absolute Gasteiger partial charge is 0.241 e. The molecule has 0 radical (unpaired) electrons. The van der Waals surface area contributed by atoms with Crippen LogP contribution in [-0.4, -0.2) is 40.9 Å². The fourth-order valence-electron chi connectivity index (χ4n) is 1.91. The number of hydrogen-bond donors (Lipinski definition) is 2. The number of fused-ring (bicyclic) bond motifs is 1. The molecule has 5 nitrogen and oxygen atoms in total. The Morgan fingerprint density at radius 3 is 2.81 bits per heavy atom. The lowest BCUT2D eigenvalue weighted by molar-refractivity contribution is -0.127. The average molecular weight is 302 g/mol. The van der Waals surface area contributed by atoms with Gasteiger partial charge in [0.15, 0.2) is 0 Å². The highest BCUT2D eigenvalue weighted by molar-refractivity contribution is 7.80. The summed E-state index contributed by atoms with van der Waals surface area (Å²) < 4.78 is 0. The first kappa shape index (κ1) is 15.2. The molecule has 1 aromatic heterocycles. The van der Waals surface area contributed by atoms with E-state index in [0.717, 1.165) is 10.9 Å². The molecule has 0 saturated carbocycles. The van der Waals surface area contributed by atoms with Gasteiger partial charge in [-0.2, -0.15) is 0 Å². The Hall–Kier alpha value is -2.21. The van der Waals surface area contributed by atoms with E-state index in [4.69, 9.17) is 18.0 Å². The lowest BCUT2D eigenvalue weighted by Gasteiger charge is -2.16. The van der Waals surface area contributed by atoms with E-state index >= 15 is 0 Å². The molecule has 0 aliphatic heterocycles. The van der Waals surface area contributed by atoms with Crippen LogP contribution in [0.15, 0.2) is 30.3 Å². The molecule has 0 unspecified atom stereocenters. The van der Waals surface area contributed by atoms with Crippen LogP contribution in [0.4, 0.5) is 5.82 Å². The highest BCUT2D eigenvalue weighted by atomic mass is 32.1. The third kappa shape index (κ3) is 3.46. The minimum atomic E-state index is -0.0126. The summed E-state index contributed by atoms with van der Waals surface area (Å²) in [6.45, 7) is 2.74. The highest BCUT2D eigenvalue weighted by Gasteiger charge is 2.12. The van der Waals surface area contributed by atoms with Crippen LogP contribution in [0.3, 0.4) is 0 Å². The standard InChI is InChI=1S/C15H18N4OS/c1-3-19(2)13(20)9-17-15-11(14(16)21)8-10-6-4-5-7-12(10)18-15/h4-8H,3,9H2,1-2H3,(H2,16,21)(H,17,18). The first-order valence-corrected chi connectivity index (χ1v) is 7.11. The Kier molecular flexibility index (Phi) is 4.70. The van der Waals surface area contributed by atoms with Gasteiger partial charge >= 0.3 is 0 Å². The molecule has 3 N–H and O–H groups in total. The quantitative estimate of drug-likeness (QED) is 0.824. The molecule has 0 fully saturated rings. The maximum Gasteiger partial charge on any atom is 0.241 e. The molecule has 0 atom stereocenters. The monoisotopic (exact) mass is 302 g/mol. The second-order valence-electron chi connectivity index (χ2n) is 4.70. The molecule has 1 aromatic carbocycles. The second-order valence-corrected chi connectivity index (χ2v) is 5.14. The van der Waals surface area contributed by atoms with Crippen molar-refractivity contribution < 1.29 is 4.79 Å². The van der Waals surface area contributed by atoms with Crippen LogP contribution in [0, 0.1) is 0 Å². The first-order chi connectivity index (χ1) is 10.0. The third-order valence-corrected chi connectivity index (χ3v) is 3.52. The van der Waals surface area contributed by atoms with E-state index in [2.05, 4.69) is 10.3 Å². The number of para-hydroxylation sites is 1. The Morgan fingerprint density at radius 1 is 1.43 bits per heavy atom. The van der Waals surface area contributed by atoms with Crippen molar-refractivity contribution in [2.75, 3.05) is 25.5 Å². The number of thiocarbonyl (C=S) groups is 1. The van der Waals surface area contributed by atoms with Gasteiger partial charge in [-0.25, -0.2) is 4.98 Å². The maximum atomic E-state index is 11.9. The van der Waals surface area contributed by atoms with Crippen LogP contribution in [0.1, 0.15) is 12.5 Å². The van der Waals surface area contributed by atoms with E-state index in [-0.39, 0.29) is 17.4 Å². The van der Waals surface area contributed by atoms with E-state index < -0.39 is 0 Å². The molecular formula is C15H18N4OS. The van der Waals surface area contributed by atoms with Crippen LogP contribution < -0.4 is 11.1 Å². The Morgan fingerprint density at radius 2 is 2.14 bits per heavy atom. The number of benzene rings is 1. The lowest BCUT2D eigenvalue weighted by Crippen LogP contribution is -2.32. The summed E-state index contributed by atoms with van der Waals surface area (Å²) in [5, 5.41) is 3.99. The predicted molar refractivity (Wildman–Crippen MR) is 89.4 cm³/mol. The second kappa shape index (κ2) is 6.49. The van der Waals surface area contributed by atoms with E-state index in [0.29, 0.717) is 17.9 Å². The van der Waals surface area contributed by atoms with E-state index in [1.807, 2.05) is 37.3 Å². The normalized spacial score (nSPS) is 10.4. The fourth-order valence-corrected chi connectivity index (χ4v) is 2.06. The molecule has 6 heteroatoms. The van der Waals surface area contributed by atoms with Crippen LogP contribution in [0.2, 0.25) is 0 Å². The zero-order valence-electron chi connectivity index (χ0n) is 12.1. The summed E-state index contributed by atoms with van der Waals surface area (Å²) in [5.74, 6) is 0.528. The number of anilines is 1. The Bertz CT molecular complexity index is 686. The van der Waals surface area contributed by atoms with Crippen molar-refractivity contribution >= 4 is 39.8 Å². The molecule has 21 heavy (non-hydrogen) atoms. The van der Waals surface area contributed by atoms with Gasteiger partial charge in [0.1, 0.15) is 10.8 Å². The number of nitrogens with zero attached hydrogens (tertiary/aromatic N) is 2. The molecular weight excluding hydrogens is 284 g/mol. The molecule has 0 aliphatic rings. The number of hydrogen-bond acceptors (Lipinski definition) is 4. The van der Waals surface area contributed by atoms with Gasteiger partial charge in [0.25, 0.3) is 0 Å². The van der Waals surface area contributed by atoms with E-state index in [1.54, 1.807) is 11.9 Å². The molecule has 1 amide bonds. The summed E-state index contributed by atoms with van der Waals surface area (Å²) in [7, 11) is 1.76. The number of nitrogens with one attached hydrogen (secondary N) is 1. The SMILES string of the molecule is CCN(C)C(=O)CNc1nc2ccccc2cc1C(N)=S. The molecule has 2 aromatic rings. The molecule has 1 heterocycles. The summed E-state index contributed by atoms with van der Waals surface area (Å²) >= 11 is 5.07. The number of rotatable bonds is 5. The van der Waals surface area contributed by atoms with Gasteiger partial charge in [0, 0.05) is 19.0 Å². The lowest BCUT2D eigenvalue weighted by atomic mass is 10.1. The van der Waals surface area contributed by atoms with Crippen molar-refractivity contribution in [3.8, 4) is 0 Å². The van der Waals surface area contributed by atoms with Crippen molar-refractivity contribution in [2.24, 2.45) is 5.73 Å². The van der Waals surface area contributed by atoms with Gasteiger partial charge in [0.2, 0.25) is 5.91 Å². The summed E-state index contributed by atoms with van der Waals surface area (Å²) in [6.07, 6.45) is 0. The van der Waals surface area contributed by atoms with Crippen LogP contribution in [-0.2, 0) is 4.79 Å². The molecule has 0 bridgehead atoms. The van der Waals surface area contributed by atoms with Crippen molar-refractivity contribution in [3.63, 3.8) is 0 Å². The minimum Gasteiger partial charge on any atom is -0.389 e. The fraction of sp³-hybridized carbons (Fsp3) is 0.267. The molecule has 110 valence electrons. The summed E-state index contributed by atoms with van der Waals surface area (Å²) in [4.78, 5) is 18.3. The first-order valence-electron chi connectivity index (χ1n) is 6.70. The number of carbonyl (C=O) groups is 1. The Balaban J connectivity index is 2.31. The third-order valence-electron chi connectivity index (χ3n) is 3.30. The van der Waals surface area contributed by atoms with Gasteiger partial charge in [-0.15, -0.1) is 0 Å². The number of carbonyl (C=O) groups excluding carboxylic acids is 1. The molecule has 0 saturated heterocycles. The van der Waals surface area contributed by atoms with Gasteiger partial charge in [-0.3, -0.25) is 4.79 Å². The summed E-state index contributed by atoms with van der Waals surface area (Å²) in [5.41, 5.74) is 7.23. The largest absolute Gasteiger partial charge is 0.389 e.